The van der Waals surface area contributed by atoms with Crippen molar-refractivity contribution in [2.75, 3.05) is 7.05 Å². The summed E-state index contributed by atoms with van der Waals surface area (Å²) in [5.74, 6) is -0.467. The summed E-state index contributed by atoms with van der Waals surface area (Å²) < 4.78 is 0. The number of nitrogens with one attached hydrogen (secondary N) is 1. The first-order chi connectivity index (χ1) is 8.99. The standard InChI is InChI=1S/C13H16N2O4/c1-15-12(18)5-4-10(13(15)19)14-7-8-2-3-9(16)6-11(8)17/h2-3,6,10,14,16-17H,4-5,7H2,1H3. The number of phenolic OH excluding ortho intramolecular Hbond substituents is 2. The van der Waals surface area contributed by atoms with Gasteiger partial charge in [0.25, 0.3) is 0 Å². The molecule has 0 bridgehead atoms. The normalized spacial score (nSPS) is 19.8. The van der Waals surface area contributed by atoms with E-state index in [4.69, 9.17) is 0 Å². The van der Waals surface area contributed by atoms with E-state index in [2.05, 4.69) is 5.32 Å². The summed E-state index contributed by atoms with van der Waals surface area (Å²) >= 11 is 0. The minimum Gasteiger partial charge on any atom is -0.508 e. The molecular weight excluding hydrogens is 248 g/mol. The van der Waals surface area contributed by atoms with Crippen LogP contribution in [0.4, 0.5) is 0 Å². The van der Waals surface area contributed by atoms with Crippen LogP contribution in [0.3, 0.4) is 0 Å². The smallest absolute Gasteiger partial charge is 0.246 e. The zero-order valence-electron chi connectivity index (χ0n) is 10.6. The molecule has 102 valence electrons. The average molecular weight is 264 g/mol. The fourth-order valence-electron chi connectivity index (χ4n) is 2.04. The third-order valence-corrected chi connectivity index (χ3v) is 3.26. The molecule has 0 aliphatic carbocycles. The van der Waals surface area contributed by atoms with Crippen molar-refractivity contribution in [3.8, 4) is 11.5 Å². The van der Waals surface area contributed by atoms with E-state index < -0.39 is 6.04 Å². The highest BCUT2D eigenvalue weighted by molar-refractivity contribution is 6.00. The number of nitrogens with zero attached hydrogens (tertiary/aromatic N) is 1. The molecule has 1 aromatic rings. The van der Waals surface area contributed by atoms with Crippen molar-refractivity contribution in [1.82, 2.24) is 10.2 Å². The molecule has 1 unspecified atom stereocenters. The highest BCUT2D eigenvalue weighted by Gasteiger charge is 2.31. The number of rotatable bonds is 3. The second-order valence-electron chi connectivity index (χ2n) is 4.58. The summed E-state index contributed by atoms with van der Waals surface area (Å²) in [5, 5.41) is 21.8. The van der Waals surface area contributed by atoms with Gasteiger partial charge in [-0.25, -0.2) is 0 Å². The molecule has 1 atom stereocenters. The minimum absolute atomic E-state index is 0.0136. The molecule has 0 aromatic heterocycles. The first kappa shape index (κ1) is 13.4. The van der Waals surface area contributed by atoms with Crippen LogP contribution in [0.1, 0.15) is 18.4 Å². The van der Waals surface area contributed by atoms with Crippen molar-refractivity contribution < 1.29 is 19.8 Å². The van der Waals surface area contributed by atoms with Crippen LogP contribution in [-0.4, -0.2) is 40.0 Å². The minimum atomic E-state index is -0.420. The number of amides is 2. The van der Waals surface area contributed by atoms with Gasteiger partial charge in [-0.3, -0.25) is 14.5 Å². The Morgan fingerprint density at radius 2 is 2.11 bits per heavy atom. The van der Waals surface area contributed by atoms with E-state index in [9.17, 15) is 19.8 Å². The molecule has 1 heterocycles. The fourth-order valence-corrected chi connectivity index (χ4v) is 2.04. The van der Waals surface area contributed by atoms with Crippen LogP contribution < -0.4 is 5.32 Å². The number of piperidine rings is 1. The van der Waals surface area contributed by atoms with Gasteiger partial charge in [0, 0.05) is 31.6 Å². The topological polar surface area (TPSA) is 89.9 Å². The van der Waals surface area contributed by atoms with Crippen LogP contribution in [0.15, 0.2) is 18.2 Å². The summed E-state index contributed by atoms with van der Waals surface area (Å²) in [6, 6.07) is 3.88. The van der Waals surface area contributed by atoms with Crippen molar-refractivity contribution in [1.29, 1.82) is 0 Å². The monoisotopic (exact) mass is 264 g/mol. The van der Waals surface area contributed by atoms with Crippen molar-refractivity contribution in [3.63, 3.8) is 0 Å². The number of benzene rings is 1. The SMILES string of the molecule is CN1C(=O)CCC(NCc2ccc(O)cc2O)C1=O. The molecule has 6 heteroatoms. The Bertz CT molecular complexity index is 515. The Kier molecular flexibility index (Phi) is 3.71. The lowest BCUT2D eigenvalue weighted by molar-refractivity contribution is -0.148. The molecule has 1 aromatic carbocycles. The maximum atomic E-state index is 11.8. The first-order valence-electron chi connectivity index (χ1n) is 6.03. The maximum Gasteiger partial charge on any atom is 0.246 e. The molecule has 2 rings (SSSR count). The van der Waals surface area contributed by atoms with Gasteiger partial charge in [-0.2, -0.15) is 0 Å². The largest absolute Gasteiger partial charge is 0.508 e. The van der Waals surface area contributed by atoms with Gasteiger partial charge in [0.1, 0.15) is 11.5 Å². The molecule has 19 heavy (non-hydrogen) atoms. The molecular formula is C13H16N2O4. The van der Waals surface area contributed by atoms with Crippen LogP contribution in [-0.2, 0) is 16.1 Å². The maximum absolute atomic E-state index is 11.8. The van der Waals surface area contributed by atoms with Crippen LogP contribution in [0.25, 0.3) is 0 Å². The van der Waals surface area contributed by atoms with Crippen LogP contribution in [0.5, 0.6) is 11.5 Å². The molecule has 1 aliphatic heterocycles. The predicted molar refractivity (Wildman–Crippen MR) is 67.4 cm³/mol. The number of imide groups is 1. The number of carbonyl (C=O) groups is 2. The van der Waals surface area contributed by atoms with Crippen molar-refractivity contribution >= 4 is 11.8 Å². The quantitative estimate of drug-likeness (QED) is 0.685. The van der Waals surface area contributed by atoms with Gasteiger partial charge in [-0.05, 0) is 12.5 Å². The molecule has 3 N–H and O–H groups in total. The van der Waals surface area contributed by atoms with E-state index in [0.29, 0.717) is 24.9 Å². The van der Waals surface area contributed by atoms with Crippen molar-refractivity contribution in [2.24, 2.45) is 0 Å². The number of phenols is 2. The molecule has 1 aliphatic rings. The zero-order chi connectivity index (χ0) is 14.0. The highest BCUT2D eigenvalue weighted by Crippen LogP contribution is 2.22. The Labute approximate surface area is 110 Å². The lowest BCUT2D eigenvalue weighted by Gasteiger charge is -2.28. The van der Waals surface area contributed by atoms with Gasteiger partial charge in [0.2, 0.25) is 11.8 Å². The molecule has 0 saturated carbocycles. The van der Waals surface area contributed by atoms with E-state index in [-0.39, 0.29) is 23.3 Å². The first-order valence-corrected chi connectivity index (χ1v) is 6.03. The van der Waals surface area contributed by atoms with Gasteiger partial charge < -0.3 is 15.5 Å². The number of carbonyl (C=O) groups excluding carboxylic acids is 2. The average Bonchev–Trinajstić information content (AvgIpc) is 2.37. The summed E-state index contributed by atoms with van der Waals surface area (Å²) in [7, 11) is 1.47. The summed E-state index contributed by atoms with van der Waals surface area (Å²) in [6.07, 6.45) is 0.794. The molecule has 6 nitrogen and oxygen atoms in total. The second-order valence-corrected chi connectivity index (χ2v) is 4.58. The van der Waals surface area contributed by atoms with Crippen LogP contribution >= 0.6 is 0 Å². The van der Waals surface area contributed by atoms with E-state index in [1.165, 1.54) is 19.2 Å². The number of aromatic hydroxyl groups is 2. The van der Waals surface area contributed by atoms with Crippen molar-refractivity contribution in [3.05, 3.63) is 23.8 Å². The van der Waals surface area contributed by atoms with E-state index in [0.717, 1.165) is 4.90 Å². The Morgan fingerprint density at radius 1 is 1.37 bits per heavy atom. The Morgan fingerprint density at radius 3 is 2.79 bits per heavy atom. The number of likely N-dealkylation sites (N-methyl/N-ethyl adjacent to an activating group) is 1. The summed E-state index contributed by atoms with van der Waals surface area (Å²) in [5.41, 5.74) is 0.588. The number of likely N-dealkylation sites (tertiary alicyclic amines) is 1. The summed E-state index contributed by atoms with van der Waals surface area (Å²) in [6.45, 7) is 0.296. The third-order valence-electron chi connectivity index (χ3n) is 3.26. The van der Waals surface area contributed by atoms with Crippen molar-refractivity contribution in [2.45, 2.75) is 25.4 Å². The Balaban J connectivity index is 1.99. The highest BCUT2D eigenvalue weighted by atomic mass is 16.3. The van der Waals surface area contributed by atoms with Crippen LogP contribution in [0, 0.1) is 0 Å². The third kappa shape index (κ3) is 2.85. The molecule has 2 amide bonds. The fraction of sp³-hybridized carbons (Fsp3) is 0.385. The molecule has 0 radical (unpaired) electrons. The van der Waals surface area contributed by atoms with E-state index >= 15 is 0 Å². The molecule has 0 spiro atoms. The van der Waals surface area contributed by atoms with Gasteiger partial charge in [0.05, 0.1) is 6.04 Å². The predicted octanol–water partition coefficient (Wildman–Crippen LogP) is 0.335. The van der Waals surface area contributed by atoms with E-state index in [1.54, 1.807) is 6.07 Å². The van der Waals surface area contributed by atoms with Crippen LogP contribution in [0.2, 0.25) is 0 Å². The van der Waals surface area contributed by atoms with Gasteiger partial charge in [-0.1, -0.05) is 6.07 Å². The van der Waals surface area contributed by atoms with Gasteiger partial charge in [-0.15, -0.1) is 0 Å². The lowest BCUT2D eigenvalue weighted by atomic mass is 10.0. The second kappa shape index (κ2) is 5.27. The molecule has 1 saturated heterocycles. The van der Waals surface area contributed by atoms with E-state index in [1.807, 2.05) is 0 Å². The number of hydrogen-bond donors (Lipinski definition) is 3. The van der Waals surface area contributed by atoms with Gasteiger partial charge in [0.15, 0.2) is 0 Å². The zero-order valence-corrected chi connectivity index (χ0v) is 10.6. The Hall–Kier alpha value is -2.08. The summed E-state index contributed by atoms with van der Waals surface area (Å²) in [4.78, 5) is 24.3. The number of hydrogen-bond acceptors (Lipinski definition) is 5. The van der Waals surface area contributed by atoms with Gasteiger partial charge >= 0.3 is 0 Å². The lowest BCUT2D eigenvalue weighted by Crippen LogP contribution is -2.51. The molecule has 1 fully saturated rings.